The van der Waals surface area contributed by atoms with E-state index < -0.39 is 11.7 Å². The van der Waals surface area contributed by atoms with Crippen LogP contribution in [0.25, 0.3) is 11.1 Å². The van der Waals surface area contributed by atoms with Gasteiger partial charge in [-0.3, -0.25) is 4.79 Å². The topological polar surface area (TPSA) is 96.7 Å². The SMILES string of the molecule is CC(C)(C)OC(=O)NCCCNC(=O)C1CCCN1c1nc2ccccc2o1. The highest BCUT2D eigenvalue weighted by Crippen LogP contribution is 2.28. The number of hydrogen-bond acceptors (Lipinski definition) is 6. The third kappa shape index (κ3) is 5.15. The average molecular weight is 388 g/mol. The van der Waals surface area contributed by atoms with Crippen LogP contribution in [-0.2, 0) is 9.53 Å². The lowest BCUT2D eigenvalue weighted by Crippen LogP contribution is -2.44. The summed E-state index contributed by atoms with van der Waals surface area (Å²) in [5.74, 6) is -0.0444. The van der Waals surface area contributed by atoms with Gasteiger partial charge >= 0.3 is 6.09 Å². The van der Waals surface area contributed by atoms with Crippen LogP contribution in [0.3, 0.4) is 0 Å². The van der Waals surface area contributed by atoms with Crippen molar-refractivity contribution in [3.05, 3.63) is 24.3 Å². The lowest BCUT2D eigenvalue weighted by Gasteiger charge is -2.22. The van der Waals surface area contributed by atoms with Gasteiger partial charge in [-0.05, 0) is 52.2 Å². The molecule has 1 unspecified atom stereocenters. The van der Waals surface area contributed by atoms with E-state index in [4.69, 9.17) is 9.15 Å². The lowest BCUT2D eigenvalue weighted by molar-refractivity contribution is -0.122. The summed E-state index contributed by atoms with van der Waals surface area (Å²) in [6, 6.07) is 7.78. The number of oxazole rings is 1. The first-order chi connectivity index (χ1) is 13.3. The zero-order valence-electron chi connectivity index (χ0n) is 16.7. The molecule has 8 heteroatoms. The maximum absolute atomic E-state index is 12.6. The maximum Gasteiger partial charge on any atom is 0.407 e. The van der Waals surface area contributed by atoms with E-state index in [0.717, 1.165) is 30.5 Å². The van der Waals surface area contributed by atoms with E-state index >= 15 is 0 Å². The molecule has 1 aliphatic heterocycles. The molecule has 0 bridgehead atoms. The fraction of sp³-hybridized carbons (Fsp3) is 0.550. The standard InChI is InChI=1S/C20H28N4O4/c1-20(2,3)28-19(26)22-12-7-11-21-17(25)15-9-6-13-24(15)18-23-14-8-4-5-10-16(14)27-18/h4-5,8,10,15H,6-7,9,11-13H2,1-3H3,(H,21,25)(H,22,26). The normalized spacial score (nSPS) is 17.0. The molecule has 152 valence electrons. The van der Waals surface area contributed by atoms with Crippen LogP contribution in [0.15, 0.2) is 28.7 Å². The van der Waals surface area contributed by atoms with Crippen LogP contribution >= 0.6 is 0 Å². The number of amides is 2. The molecule has 1 aliphatic rings. The van der Waals surface area contributed by atoms with Gasteiger partial charge in [0.15, 0.2) is 5.58 Å². The van der Waals surface area contributed by atoms with Crippen molar-refractivity contribution in [3.8, 4) is 0 Å². The van der Waals surface area contributed by atoms with Gasteiger partial charge in [0.05, 0.1) is 0 Å². The van der Waals surface area contributed by atoms with Gasteiger partial charge in [0, 0.05) is 19.6 Å². The number of nitrogens with zero attached hydrogens (tertiary/aromatic N) is 2. The Bertz CT molecular complexity index is 794. The number of carbonyl (C=O) groups is 2. The van der Waals surface area contributed by atoms with E-state index in [1.807, 2.05) is 49.9 Å². The molecular formula is C20H28N4O4. The molecule has 0 saturated carbocycles. The van der Waals surface area contributed by atoms with Crippen LogP contribution in [0.1, 0.15) is 40.0 Å². The summed E-state index contributed by atoms with van der Waals surface area (Å²) >= 11 is 0. The number of rotatable bonds is 6. The number of para-hydroxylation sites is 2. The zero-order valence-corrected chi connectivity index (χ0v) is 16.7. The fourth-order valence-corrected chi connectivity index (χ4v) is 3.17. The molecule has 2 N–H and O–H groups in total. The van der Waals surface area contributed by atoms with Crippen molar-refractivity contribution >= 4 is 29.1 Å². The predicted octanol–water partition coefficient (Wildman–Crippen LogP) is 2.83. The molecule has 0 radical (unpaired) electrons. The summed E-state index contributed by atoms with van der Waals surface area (Å²) in [6.45, 7) is 7.11. The summed E-state index contributed by atoms with van der Waals surface area (Å²) in [6.07, 6.45) is 1.86. The Kier molecular flexibility index (Phi) is 6.06. The van der Waals surface area contributed by atoms with Crippen molar-refractivity contribution in [3.63, 3.8) is 0 Å². The van der Waals surface area contributed by atoms with Crippen molar-refractivity contribution in [1.82, 2.24) is 15.6 Å². The van der Waals surface area contributed by atoms with Crippen LogP contribution in [0.5, 0.6) is 0 Å². The molecule has 1 aromatic heterocycles. The first-order valence-electron chi connectivity index (χ1n) is 9.70. The molecule has 28 heavy (non-hydrogen) atoms. The summed E-state index contributed by atoms with van der Waals surface area (Å²) < 4.78 is 11.0. The van der Waals surface area contributed by atoms with Crippen LogP contribution < -0.4 is 15.5 Å². The van der Waals surface area contributed by atoms with Crippen molar-refractivity contribution in [2.75, 3.05) is 24.5 Å². The first-order valence-corrected chi connectivity index (χ1v) is 9.70. The monoisotopic (exact) mass is 388 g/mol. The molecule has 2 aromatic rings. The van der Waals surface area contributed by atoms with Gasteiger partial charge in [0.1, 0.15) is 17.2 Å². The number of carbonyl (C=O) groups excluding carboxylic acids is 2. The highest BCUT2D eigenvalue weighted by Gasteiger charge is 2.33. The quantitative estimate of drug-likeness (QED) is 0.739. The first kappa shape index (κ1) is 20.0. The number of hydrogen-bond donors (Lipinski definition) is 2. The van der Waals surface area contributed by atoms with Crippen molar-refractivity contribution < 1.29 is 18.7 Å². The molecule has 2 amide bonds. The Balaban J connectivity index is 1.45. The number of alkyl carbamates (subject to hydrolysis) is 1. The van der Waals surface area contributed by atoms with E-state index in [9.17, 15) is 9.59 Å². The Morgan fingerprint density at radius 2 is 2.00 bits per heavy atom. The Labute approximate surface area is 164 Å². The van der Waals surface area contributed by atoms with Crippen LogP contribution in [-0.4, -0.2) is 48.3 Å². The Morgan fingerprint density at radius 3 is 2.75 bits per heavy atom. The molecule has 2 heterocycles. The Hall–Kier alpha value is -2.77. The zero-order chi connectivity index (χ0) is 20.1. The minimum absolute atomic E-state index is 0.0444. The lowest BCUT2D eigenvalue weighted by atomic mass is 10.2. The molecular weight excluding hydrogens is 360 g/mol. The minimum Gasteiger partial charge on any atom is -0.444 e. The average Bonchev–Trinajstić information content (AvgIpc) is 3.26. The van der Waals surface area contributed by atoms with Crippen molar-refractivity contribution in [2.45, 2.75) is 51.7 Å². The fourth-order valence-electron chi connectivity index (χ4n) is 3.17. The summed E-state index contributed by atoms with van der Waals surface area (Å²) in [5, 5.41) is 5.62. The molecule has 1 aromatic carbocycles. The Morgan fingerprint density at radius 1 is 1.25 bits per heavy atom. The second-order valence-electron chi connectivity index (χ2n) is 7.89. The van der Waals surface area contributed by atoms with Gasteiger partial charge in [0.25, 0.3) is 6.01 Å². The molecule has 8 nitrogen and oxygen atoms in total. The predicted molar refractivity (Wildman–Crippen MR) is 106 cm³/mol. The number of nitrogens with one attached hydrogen (secondary N) is 2. The summed E-state index contributed by atoms with van der Waals surface area (Å²) in [7, 11) is 0. The van der Waals surface area contributed by atoms with E-state index in [2.05, 4.69) is 15.6 Å². The largest absolute Gasteiger partial charge is 0.444 e. The number of ether oxygens (including phenoxy) is 1. The highest BCUT2D eigenvalue weighted by molar-refractivity contribution is 5.85. The number of anilines is 1. The van der Waals surface area contributed by atoms with Crippen LogP contribution in [0, 0.1) is 0 Å². The molecule has 1 atom stereocenters. The van der Waals surface area contributed by atoms with Gasteiger partial charge in [0.2, 0.25) is 5.91 Å². The highest BCUT2D eigenvalue weighted by atomic mass is 16.6. The minimum atomic E-state index is -0.519. The van der Waals surface area contributed by atoms with Gasteiger partial charge in [-0.25, -0.2) is 4.79 Å². The van der Waals surface area contributed by atoms with Crippen LogP contribution in [0.2, 0.25) is 0 Å². The smallest absolute Gasteiger partial charge is 0.407 e. The molecule has 3 rings (SSSR count). The van der Waals surface area contributed by atoms with E-state index in [1.54, 1.807) is 0 Å². The second-order valence-corrected chi connectivity index (χ2v) is 7.89. The van der Waals surface area contributed by atoms with E-state index in [1.165, 1.54) is 0 Å². The molecule has 0 spiro atoms. The third-order valence-corrected chi connectivity index (χ3v) is 4.40. The molecule has 1 fully saturated rings. The van der Waals surface area contributed by atoms with Gasteiger partial charge in [-0.2, -0.15) is 4.98 Å². The third-order valence-electron chi connectivity index (χ3n) is 4.40. The number of fused-ring (bicyclic) bond motifs is 1. The van der Waals surface area contributed by atoms with Crippen molar-refractivity contribution in [1.29, 1.82) is 0 Å². The molecule has 0 aliphatic carbocycles. The second kappa shape index (κ2) is 8.50. The number of aromatic nitrogens is 1. The van der Waals surface area contributed by atoms with Crippen molar-refractivity contribution in [2.24, 2.45) is 0 Å². The van der Waals surface area contributed by atoms with E-state index in [0.29, 0.717) is 25.5 Å². The number of benzene rings is 1. The van der Waals surface area contributed by atoms with Gasteiger partial charge in [-0.15, -0.1) is 0 Å². The summed E-state index contributed by atoms with van der Waals surface area (Å²) in [4.78, 5) is 30.6. The van der Waals surface area contributed by atoms with Crippen LogP contribution in [0.4, 0.5) is 10.8 Å². The van der Waals surface area contributed by atoms with Gasteiger partial charge in [-0.1, -0.05) is 12.1 Å². The summed E-state index contributed by atoms with van der Waals surface area (Å²) in [5.41, 5.74) is 0.989. The maximum atomic E-state index is 12.6. The molecule has 1 saturated heterocycles. The van der Waals surface area contributed by atoms with E-state index in [-0.39, 0.29) is 11.9 Å². The van der Waals surface area contributed by atoms with Gasteiger partial charge < -0.3 is 24.7 Å².